The van der Waals surface area contributed by atoms with Crippen molar-refractivity contribution >= 4 is 20.9 Å². The van der Waals surface area contributed by atoms with Crippen LogP contribution < -0.4 is 0 Å². The van der Waals surface area contributed by atoms with Gasteiger partial charge in [0.05, 0.1) is 22.4 Å². The summed E-state index contributed by atoms with van der Waals surface area (Å²) in [5.74, 6) is -0.378. The molecule has 0 fully saturated rings. The van der Waals surface area contributed by atoms with E-state index in [2.05, 4.69) is 6.07 Å². The molecule has 0 aliphatic rings. The van der Waals surface area contributed by atoms with E-state index in [-0.39, 0.29) is 10.8 Å². The lowest BCUT2D eigenvalue weighted by atomic mass is 10.0. The maximum atomic E-state index is 12.9. The number of hydrogen-bond acceptors (Lipinski definition) is 3. The molecule has 0 N–H and O–H groups in total. The molecule has 1 atom stereocenters. The molecule has 0 amide bonds. The van der Waals surface area contributed by atoms with Crippen molar-refractivity contribution in [3.05, 3.63) is 66.4 Å². The van der Waals surface area contributed by atoms with Gasteiger partial charge in [-0.25, -0.2) is 12.4 Å². The minimum absolute atomic E-state index is 0.229. The largest absolute Gasteiger partial charge is 0.268 e. The lowest BCUT2D eigenvalue weighted by molar-refractivity contribution is 0.589. The maximum Gasteiger partial charge on any atom is 0.268 e. The topological polar surface area (TPSA) is 62.9 Å². The van der Waals surface area contributed by atoms with Gasteiger partial charge in [0, 0.05) is 11.6 Å². The van der Waals surface area contributed by atoms with E-state index in [9.17, 15) is 8.42 Å². The quantitative estimate of drug-likeness (QED) is 0.743. The van der Waals surface area contributed by atoms with Gasteiger partial charge in [0.25, 0.3) is 10.0 Å². The van der Waals surface area contributed by atoms with E-state index >= 15 is 0 Å². The first kappa shape index (κ1) is 14.4. The van der Waals surface area contributed by atoms with Crippen LogP contribution in [-0.4, -0.2) is 12.4 Å². The lowest BCUT2D eigenvalue weighted by Gasteiger charge is -2.07. The van der Waals surface area contributed by atoms with Crippen molar-refractivity contribution in [2.45, 2.75) is 17.7 Å². The fraction of sp³-hybridized carbons (Fsp3) is 0.118. The number of nitrogens with zero attached hydrogens (tertiary/aromatic N) is 2. The Morgan fingerprint density at radius 1 is 1.05 bits per heavy atom. The third-order valence-electron chi connectivity index (χ3n) is 3.67. The number of nitriles is 1. The van der Waals surface area contributed by atoms with Gasteiger partial charge in [-0.1, -0.05) is 36.4 Å². The molecule has 3 aromatic rings. The Morgan fingerprint density at radius 3 is 2.36 bits per heavy atom. The van der Waals surface area contributed by atoms with Crippen LogP contribution in [0, 0.1) is 11.3 Å². The molecule has 0 unspecified atom stereocenters. The van der Waals surface area contributed by atoms with E-state index < -0.39 is 10.0 Å². The van der Waals surface area contributed by atoms with E-state index in [0.717, 1.165) is 10.9 Å². The zero-order valence-electron chi connectivity index (χ0n) is 12.0. The van der Waals surface area contributed by atoms with Gasteiger partial charge in [0.2, 0.25) is 0 Å². The van der Waals surface area contributed by atoms with Crippen molar-refractivity contribution < 1.29 is 8.42 Å². The molecule has 0 bridgehead atoms. The molecule has 0 saturated carbocycles. The second-order valence-corrected chi connectivity index (χ2v) is 6.88. The van der Waals surface area contributed by atoms with Gasteiger partial charge in [-0.2, -0.15) is 5.26 Å². The predicted molar refractivity (Wildman–Crippen MR) is 85.0 cm³/mol. The summed E-state index contributed by atoms with van der Waals surface area (Å²) >= 11 is 0. The number of hydrogen-bond donors (Lipinski definition) is 0. The first-order valence-corrected chi connectivity index (χ1v) is 8.30. The van der Waals surface area contributed by atoms with Crippen LogP contribution in [0.5, 0.6) is 0 Å². The fourth-order valence-electron chi connectivity index (χ4n) is 2.49. The predicted octanol–water partition coefficient (Wildman–Crippen LogP) is 3.51. The fourth-order valence-corrected chi connectivity index (χ4v) is 3.89. The van der Waals surface area contributed by atoms with E-state index in [0.29, 0.717) is 5.52 Å². The molecule has 0 aliphatic carbocycles. The van der Waals surface area contributed by atoms with Crippen LogP contribution >= 0.6 is 0 Å². The van der Waals surface area contributed by atoms with Gasteiger partial charge < -0.3 is 0 Å². The highest BCUT2D eigenvalue weighted by Gasteiger charge is 2.22. The van der Waals surface area contributed by atoms with Gasteiger partial charge in [0.15, 0.2) is 0 Å². The van der Waals surface area contributed by atoms with Crippen LogP contribution in [0.15, 0.2) is 65.7 Å². The molecule has 4 nitrogen and oxygen atoms in total. The molecular weight excluding hydrogens is 296 g/mol. The van der Waals surface area contributed by atoms with E-state index in [1.807, 2.05) is 12.1 Å². The van der Waals surface area contributed by atoms with Crippen molar-refractivity contribution in [2.75, 3.05) is 0 Å². The third-order valence-corrected chi connectivity index (χ3v) is 5.36. The summed E-state index contributed by atoms with van der Waals surface area (Å²) < 4.78 is 27.0. The molecule has 0 radical (unpaired) electrons. The maximum absolute atomic E-state index is 12.9. The summed E-state index contributed by atoms with van der Waals surface area (Å²) in [7, 11) is -3.68. The van der Waals surface area contributed by atoms with Crippen LogP contribution in [-0.2, 0) is 10.0 Å². The standard InChI is InChI=1S/C17H14N2O2S/c1-13(11-18)16-12-19(17-10-6-5-9-15(16)17)22(20,21)14-7-3-2-4-8-14/h2-10,12-13H,1H3/t13-/m1/s1. The number of aromatic nitrogens is 1. The lowest BCUT2D eigenvalue weighted by Crippen LogP contribution is -2.11. The Morgan fingerprint density at radius 2 is 1.68 bits per heavy atom. The van der Waals surface area contributed by atoms with E-state index in [1.165, 1.54) is 3.97 Å². The van der Waals surface area contributed by atoms with Crippen molar-refractivity contribution in [3.63, 3.8) is 0 Å². The van der Waals surface area contributed by atoms with E-state index in [1.54, 1.807) is 55.6 Å². The number of benzene rings is 2. The summed E-state index contributed by atoms with van der Waals surface area (Å²) in [6, 6.07) is 17.7. The first-order valence-electron chi connectivity index (χ1n) is 6.86. The van der Waals surface area contributed by atoms with Gasteiger partial charge in [-0.3, -0.25) is 0 Å². The highest BCUT2D eigenvalue weighted by atomic mass is 32.2. The molecule has 5 heteroatoms. The second kappa shape index (κ2) is 5.32. The molecule has 22 heavy (non-hydrogen) atoms. The first-order chi connectivity index (χ1) is 10.6. The van der Waals surface area contributed by atoms with Gasteiger partial charge in [0.1, 0.15) is 0 Å². The molecule has 3 rings (SSSR count). The smallest absolute Gasteiger partial charge is 0.241 e. The third kappa shape index (κ3) is 2.18. The summed E-state index contributed by atoms with van der Waals surface area (Å²) in [6.07, 6.45) is 1.56. The van der Waals surface area contributed by atoms with Gasteiger partial charge >= 0.3 is 0 Å². The highest BCUT2D eigenvalue weighted by Crippen LogP contribution is 2.30. The Bertz CT molecular complexity index is 967. The van der Waals surface area contributed by atoms with Crippen molar-refractivity contribution in [1.82, 2.24) is 3.97 Å². The Labute approximate surface area is 129 Å². The normalized spacial score (nSPS) is 12.9. The van der Waals surface area contributed by atoms with Gasteiger partial charge in [-0.15, -0.1) is 0 Å². The molecular formula is C17H14N2O2S. The molecule has 1 heterocycles. The Kier molecular flexibility index (Phi) is 3.47. The summed E-state index contributed by atoms with van der Waals surface area (Å²) in [6.45, 7) is 1.77. The van der Waals surface area contributed by atoms with Crippen LogP contribution in [0.25, 0.3) is 10.9 Å². The zero-order valence-corrected chi connectivity index (χ0v) is 12.8. The molecule has 0 spiro atoms. The van der Waals surface area contributed by atoms with Crippen molar-refractivity contribution in [2.24, 2.45) is 0 Å². The highest BCUT2D eigenvalue weighted by molar-refractivity contribution is 7.90. The summed E-state index contributed by atoms with van der Waals surface area (Å²) in [5.41, 5.74) is 1.31. The zero-order chi connectivity index (χ0) is 15.7. The molecule has 1 aromatic heterocycles. The van der Waals surface area contributed by atoms with Crippen LogP contribution in [0.1, 0.15) is 18.4 Å². The monoisotopic (exact) mass is 310 g/mol. The summed E-state index contributed by atoms with van der Waals surface area (Å²) in [4.78, 5) is 0.229. The SMILES string of the molecule is C[C@H](C#N)c1cn(S(=O)(=O)c2ccccc2)c2ccccc12. The average Bonchev–Trinajstić information content (AvgIpc) is 2.95. The number of rotatable bonds is 3. The van der Waals surface area contributed by atoms with Crippen molar-refractivity contribution in [1.29, 1.82) is 5.26 Å². The minimum Gasteiger partial charge on any atom is -0.241 e. The Hall–Kier alpha value is -2.58. The number of para-hydroxylation sites is 1. The number of fused-ring (bicyclic) bond motifs is 1. The molecule has 0 saturated heterocycles. The van der Waals surface area contributed by atoms with E-state index in [4.69, 9.17) is 5.26 Å². The minimum atomic E-state index is -3.68. The average molecular weight is 310 g/mol. The molecule has 110 valence electrons. The van der Waals surface area contributed by atoms with Crippen molar-refractivity contribution in [3.8, 4) is 6.07 Å². The molecule has 2 aromatic carbocycles. The van der Waals surface area contributed by atoms with Crippen LogP contribution in [0.3, 0.4) is 0 Å². The second-order valence-electron chi connectivity index (χ2n) is 5.07. The van der Waals surface area contributed by atoms with Gasteiger partial charge in [-0.05, 0) is 30.7 Å². The molecule has 0 aliphatic heterocycles. The van der Waals surface area contributed by atoms with Crippen LogP contribution in [0.4, 0.5) is 0 Å². The summed E-state index contributed by atoms with van der Waals surface area (Å²) in [5, 5.41) is 9.96. The Balaban J connectivity index is 2.31. The van der Waals surface area contributed by atoms with Crippen LogP contribution in [0.2, 0.25) is 0 Å².